The Morgan fingerprint density at radius 2 is 2.00 bits per heavy atom. The predicted molar refractivity (Wildman–Crippen MR) is 63.8 cm³/mol. The summed E-state index contributed by atoms with van der Waals surface area (Å²) in [7, 11) is 0. The van der Waals surface area contributed by atoms with Crippen LogP contribution in [0.5, 0.6) is 17.2 Å². The van der Waals surface area contributed by atoms with E-state index in [0.29, 0.717) is 30.8 Å². The van der Waals surface area contributed by atoms with Crippen LogP contribution in [-0.4, -0.2) is 30.9 Å². The molecule has 0 amide bonds. The first kappa shape index (κ1) is 10.7. The van der Waals surface area contributed by atoms with Crippen molar-refractivity contribution in [1.82, 2.24) is 5.32 Å². The summed E-state index contributed by atoms with van der Waals surface area (Å²) < 4.78 is 11.0. The molecule has 92 valence electrons. The van der Waals surface area contributed by atoms with Crippen molar-refractivity contribution in [3.05, 3.63) is 17.7 Å². The summed E-state index contributed by atoms with van der Waals surface area (Å²) in [5.74, 6) is 1.71. The lowest BCUT2D eigenvalue weighted by Crippen LogP contribution is -2.24. The van der Waals surface area contributed by atoms with Crippen LogP contribution in [0.3, 0.4) is 0 Å². The van der Waals surface area contributed by atoms with Crippen molar-refractivity contribution in [3.63, 3.8) is 0 Å². The lowest BCUT2D eigenvalue weighted by molar-refractivity contribution is 0.170. The minimum Gasteiger partial charge on any atom is -0.508 e. The molecule has 17 heavy (non-hydrogen) atoms. The van der Waals surface area contributed by atoms with Gasteiger partial charge in [-0.05, 0) is 37.4 Å². The second-order valence-electron chi connectivity index (χ2n) is 4.62. The van der Waals surface area contributed by atoms with Crippen molar-refractivity contribution in [2.24, 2.45) is 0 Å². The minimum atomic E-state index is 0.308. The number of ether oxygens (including phenoxy) is 2. The molecule has 1 aromatic carbocycles. The number of fused-ring (bicyclic) bond motifs is 1. The smallest absolute Gasteiger partial charge is 0.165 e. The molecule has 0 radical (unpaired) electrons. The third-order valence-corrected chi connectivity index (χ3v) is 3.37. The Balaban J connectivity index is 1.83. The zero-order chi connectivity index (χ0) is 11.7. The molecule has 0 spiro atoms. The molecule has 2 aliphatic rings. The first-order chi connectivity index (χ1) is 8.33. The van der Waals surface area contributed by atoms with E-state index in [-0.39, 0.29) is 0 Å². The highest BCUT2D eigenvalue weighted by atomic mass is 16.6. The average molecular weight is 235 g/mol. The highest BCUT2D eigenvalue weighted by molar-refractivity contribution is 5.51. The summed E-state index contributed by atoms with van der Waals surface area (Å²) in [6.07, 6.45) is 3.24. The second-order valence-corrected chi connectivity index (χ2v) is 4.62. The van der Waals surface area contributed by atoms with Gasteiger partial charge in [0.25, 0.3) is 0 Å². The Hall–Kier alpha value is -1.42. The van der Waals surface area contributed by atoms with Crippen molar-refractivity contribution in [1.29, 1.82) is 0 Å². The van der Waals surface area contributed by atoms with Crippen LogP contribution in [0.2, 0.25) is 0 Å². The maximum atomic E-state index is 9.96. The summed E-state index contributed by atoms with van der Waals surface area (Å²) in [6, 6.07) is 4.05. The number of benzene rings is 1. The van der Waals surface area contributed by atoms with Gasteiger partial charge in [-0.2, -0.15) is 0 Å². The molecule has 1 unspecified atom stereocenters. The second kappa shape index (κ2) is 4.45. The Bertz CT molecular complexity index is 413. The number of rotatable bonds is 2. The Morgan fingerprint density at radius 1 is 1.24 bits per heavy atom. The fourth-order valence-corrected chi connectivity index (χ4v) is 2.48. The van der Waals surface area contributed by atoms with E-state index in [2.05, 4.69) is 5.32 Å². The molecule has 0 saturated carbocycles. The maximum absolute atomic E-state index is 9.96. The Labute approximate surface area is 101 Å². The zero-order valence-corrected chi connectivity index (χ0v) is 9.74. The number of phenolic OH excluding ortho intramolecular Hbond substituents is 1. The molecular weight excluding hydrogens is 218 g/mol. The number of nitrogens with one attached hydrogen (secondary N) is 1. The van der Waals surface area contributed by atoms with Gasteiger partial charge in [0, 0.05) is 12.1 Å². The summed E-state index contributed by atoms with van der Waals surface area (Å²) in [6.45, 7) is 2.21. The quantitative estimate of drug-likeness (QED) is 0.814. The van der Waals surface area contributed by atoms with Crippen molar-refractivity contribution in [2.45, 2.75) is 25.3 Å². The molecule has 2 aliphatic heterocycles. The van der Waals surface area contributed by atoms with Gasteiger partial charge in [-0.25, -0.2) is 0 Å². The average Bonchev–Trinajstić information content (AvgIpc) is 2.83. The Morgan fingerprint density at radius 3 is 2.71 bits per heavy atom. The van der Waals surface area contributed by atoms with Gasteiger partial charge >= 0.3 is 0 Å². The number of hydrogen-bond donors (Lipinski definition) is 2. The van der Waals surface area contributed by atoms with Crippen LogP contribution >= 0.6 is 0 Å². The number of phenols is 1. The maximum Gasteiger partial charge on any atom is 0.165 e. The molecule has 1 fully saturated rings. The van der Waals surface area contributed by atoms with Crippen LogP contribution in [0.25, 0.3) is 0 Å². The van der Waals surface area contributed by atoms with Gasteiger partial charge in [-0.1, -0.05) is 0 Å². The van der Waals surface area contributed by atoms with E-state index < -0.39 is 0 Å². The third kappa shape index (κ3) is 2.17. The molecule has 1 atom stereocenters. The molecule has 4 nitrogen and oxygen atoms in total. The van der Waals surface area contributed by atoms with Gasteiger partial charge in [-0.3, -0.25) is 0 Å². The van der Waals surface area contributed by atoms with Gasteiger partial charge in [0.05, 0.1) is 0 Å². The molecule has 0 aliphatic carbocycles. The van der Waals surface area contributed by atoms with Crippen molar-refractivity contribution in [3.8, 4) is 17.2 Å². The van der Waals surface area contributed by atoms with Gasteiger partial charge < -0.3 is 19.9 Å². The predicted octanol–water partition coefficient (Wildman–Crippen LogP) is 1.46. The molecule has 2 N–H and O–H groups in total. The van der Waals surface area contributed by atoms with Crippen molar-refractivity contribution in [2.75, 3.05) is 19.8 Å². The first-order valence-corrected chi connectivity index (χ1v) is 6.18. The van der Waals surface area contributed by atoms with Gasteiger partial charge in [-0.15, -0.1) is 0 Å². The summed E-state index contributed by atoms with van der Waals surface area (Å²) in [5, 5.41) is 13.4. The van der Waals surface area contributed by atoms with Crippen LogP contribution in [0.1, 0.15) is 18.4 Å². The summed E-state index contributed by atoms with van der Waals surface area (Å²) in [5.41, 5.74) is 0.939. The van der Waals surface area contributed by atoms with Crippen molar-refractivity contribution >= 4 is 0 Å². The van der Waals surface area contributed by atoms with Gasteiger partial charge in [0.15, 0.2) is 11.5 Å². The summed E-state index contributed by atoms with van der Waals surface area (Å²) >= 11 is 0. The third-order valence-electron chi connectivity index (χ3n) is 3.37. The normalized spacial score (nSPS) is 22.7. The molecule has 0 aromatic heterocycles. The monoisotopic (exact) mass is 235 g/mol. The van der Waals surface area contributed by atoms with Crippen LogP contribution in [-0.2, 0) is 6.42 Å². The minimum absolute atomic E-state index is 0.308. The zero-order valence-electron chi connectivity index (χ0n) is 9.74. The molecule has 0 bridgehead atoms. The fraction of sp³-hybridized carbons (Fsp3) is 0.538. The highest BCUT2D eigenvalue weighted by Gasteiger charge is 2.20. The number of aromatic hydroxyl groups is 1. The van der Waals surface area contributed by atoms with Crippen LogP contribution in [0, 0.1) is 0 Å². The van der Waals surface area contributed by atoms with E-state index in [1.165, 1.54) is 12.8 Å². The van der Waals surface area contributed by atoms with E-state index in [1.807, 2.05) is 6.07 Å². The number of hydrogen-bond acceptors (Lipinski definition) is 4. The van der Waals surface area contributed by atoms with Crippen LogP contribution in [0.4, 0.5) is 0 Å². The largest absolute Gasteiger partial charge is 0.508 e. The first-order valence-electron chi connectivity index (χ1n) is 6.18. The van der Waals surface area contributed by atoms with Crippen molar-refractivity contribution < 1.29 is 14.6 Å². The van der Waals surface area contributed by atoms with Gasteiger partial charge in [0.1, 0.15) is 19.0 Å². The van der Waals surface area contributed by atoms with Crippen LogP contribution in [0.15, 0.2) is 12.1 Å². The molecule has 1 saturated heterocycles. The van der Waals surface area contributed by atoms with Gasteiger partial charge in [0.2, 0.25) is 0 Å². The molecular formula is C13H17NO3. The molecule has 3 rings (SSSR count). The lowest BCUT2D eigenvalue weighted by atomic mass is 10.0. The standard InChI is InChI=1S/C13H17NO3/c15-11-8-13-12(16-4-5-17-13)7-9(11)6-10-2-1-3-14-10/h7-8,10,14-15H,1-6H2. The topological polar surface area (TPSA) is 50.7 Å². The van der Waals surface area contributed by atoms with E-state index in [4.69, 9.17) is 9.47 Å². The Kier molecular flexibility index (Phi) is 2.81. The SMILES string of the molecule is Oc1cc2c(cc1CC1CCCN1)OCCO2. The summed E-state index contributed by atoms with van der Waals surface area (Å²) in [4.78, 5) is 0. The highest BCUT2D eigenvalue weighted by Crippen LogP contribution is 2.36. The molecule has 4 heteroatoms. The lowest BCUT2D eigenvalue weighted by Gasteiger charge is -2.20. The van der Waals surface area contributed by atoms with Crippen LogP contribution < -0.4 is 14.8 Å². The van der Waals surface area contributed by atoms with E-state index in [0.717, 1.165) is 24.3 Å². The van der Waals surface area contributed by atoms with E-state index in [9.17, 15) is 5.11 Å². The molecule has 2 heterocycles. The molecule has 1 aromatic rings. The van der Waals surface area contributed by atoms with E-state index >= 15 is 0 Å². The van der Waals surface area contributed by atoms with E-state index in [1.54, 1.807) is 6.07 Å². The fourth-order valence-electron chi connectivity index (χ4n) is 2.48.